The number of primary amides is 1. The molecule has 0 aromatic carbocycles. The highest BCUT2D eigenvalue weighted by atomic mass is 16.6. The summed E-state index contributed by atoms with van der Waals surface area (Å²) in [5, 5.41) is 5.56. The smallest absolute Gasteiger partial charge is 0.405 e. The number of rotatable bonds is 8. The van der Waals surface area contributed by atoms with Crippen LogP contribution in [0.1, 0.15) is 34.1 Å². The number of nitrogens with one attached hydrogen (secondary N) is 2. The Morgan fingerprint density at radius 2 is 1.76 bits per heavy atom. The maximum atomic E-state index is 13.9. The van der Waals surface area contributed by atoms with E-state index in [4.69, 9.17) is 29.4 Å². The minimum atomic E-state index is -0.979. The van der Waals surface area contributed by atoms with Gasteiger partial charge in [-0.15, -0.1) is 6.58 Å². The first kappa shape index (κ1) is 37.3. The zero-order chi connectivity index (χ0) is 33.8. The molecule has 0 radical (unpaired) electrons. The fourth-order valence-corrected chi connectivity index (χ4v) is 5.63. The Balaban J connectivity index is 2.76. The molecule has 2 bridgehead atoms. The summed E-state index contributed by atoms with van der Waals surface area (Å²) >= 11 is 0. The highest BCUT2D eigenvalue weighted by Gasteiger charge is 2.39. The summed E-state index contributed by atoms with van der Waals surface area (Å²) in [7, 11) is 6.04. The van der Waals surface area contributed by atoms with E-state index < -0.39 is 54.1 Å². The van der Waals surface area contributed by atoms with Gasteiger partial charge in [-0.1, -0.05) is 44.2 Å². The summed E-state index contributed by atoms with van der Waals surface area (Å²) in [5.74, 6) is -2.26. The van der Waals surface area contributed by atoms with Crippen molar-refractivity contribution in [3.63, 3.8) is 0 Å². The van der Waals surface area contributed by atoms with Crippen molar-refractivity contribution in [3.8, 4) is 0 Å². The van der Waals surface area contributed by atoms with Crippen molar-refractivity contribution < 1.29 is 42.9 Å². The predicted molar refractivity (Wildman–Crippen MR) is 169 cm³/mol. The lowest BCUT2D eigenvalue weighted by Gasteiger charge is -2.34. The second-order valence-corrected chi connectivity index (χ2v) is 11.1. The lowest BCUT2D eigenvalue weighted by Crippen LogP contribution is -2.43. The molecule has 1 heterocycles. The van der Waals surface area contributed by atoms with Crippen LogP contribution in [0.15, 0.2) is 71.1 Å². The SMILES string of the molecule is C=CCNC1=C2C(=O)C(=CC1=O)NC(=O)/C(C)=C/C=C\C(OC)[C@@H](OC(N)=O)/C(C)=C/[C@H](C)C(OC)[C@@H](OC)C[C@H](C)[C@H]2OC. The minimum absolute atomic E-state index is 0.0768. The number of carbonyl (C=O) groups excluding carboxylic acids is 4. The first-order chi connectivity index (χ1) is 21.3. The van der Waals surface area contributed by atoms with Crippen LogP contribution >= 0.6 is 0 Å². The predicted octanol–water partition coefficient (Wildman–Crippen LogP) is 2.82. The van der Waals surface area contributed by atoms with Crippen LogP contribution in [0.2, 0.25) is 0 Å². The number of hydrogen-bond donors (Lipinski definition) is 3. The van der Waals surface area contributed by atoms with Gasteiger partial charge in [0.15, 0.2) is 6.10 Å². The Kier molecular flexibility index (Phi) is 14.6. The monoisotopic (exact) mass is 629 g/mol. The van der Waals surface area contributed by atoms with Gasteiger partial charge in [0.25, 0.3) is 5.91 Å². The molecule has 2 amide bonds. The molecule has 0 spiro atoms. The average molecular weight is 630 g/mol. The number of ether oxygens (including phenoxy) is 5. The van der Waals surface area contributed by atoms with Gasteiger partial charge >= 0.3 is 6.09 Å². The van der Waals surface area contributed by atoms with Crippen molar-refractivity contribution in [1.82, 2.24) is 10.6 Å². The zero-order valence-electron chi connectivity index (χ0n) is 27.4. The molecular weight excluding hydrogens is 582 g/mol. The van der Waals surface area contributed by atoms with Gasteiger partial charge in [-0.3, -0.25) is 14.4 Å². The normalized spacial score (nSPS) is 32.0. The van der Waals surface area contributed by atoms with Crippen LogP contribution in [0.3, 0.4) is 0 Å². The van der Waals surface area contributed by atoms with Gasteiger partial charge in [-0.05, 0) is 31.8 Å². The van der Waals surface area contributed by atoms with E-state index in [0.29, 0.717) is 12.0 Å². The van der Waals surface area contributed by atoms with Gasteiger partial charge in [0.05, 0.1) is 35.3 Å². The van der Waals surface area contributed by atoms with Gasteiger partial charge in [0.2, 0.25) is 11.6 Å². The number of allylic oxidation sites excluding steroid dienone is 4. The van der Waals surface area contributed by atoms with E-state index in [9.17, 15) is 19.2 Å². The molecule has 1 aliphatic carbocycles. The van der Waals surface area contributed by atoms with E-state index in [1.807, 2.05) is 19.9 Å². The van der Waals surface area contributed by atoms with E-state index in [-0.39, 0.29) is 40.9 Å². The number of fused-ring (bicyclic) bond motifs is 2. The number of methoxy groups -OCH3 is 4. The fraction of sp³-hybridized carbons (Fsp3) is 0.515. The maximum absolute atomic E-state index is 13.9. The number of nitrogens with two attached hydrogens (primary N) is 1. The molecule has 248 valence electrons. The van der Waals surface area contributed by atoms with Crippen molar-refractivity contribution in [2.45, 2.75) is 64.6 Å². The van der Waals surface area contributed by atoms with E-state index in [0.717, 1.165) is 6.08 Å². The highest BCUT2D eigenvalue weighted by Crippen LogP contribution is 2.31. The van der Waals surface area contributed by atoms with Crippen molar-refractivity contribution in [2.75, 3.05) is 35.0 Å². The quantitative estimate of drug-likeness (QED) is 0.269. The first-order valence-corrected chi connectivity index (χ1v) is 14.7. The summed E-state index contributed by atoms with van der Waals surface area (Å²) in [6.45, 7) is 11.1. The Bertz CT molecular complexity index is 1280. The van der Waals surface area contributed by atoms with E-state index >= 15 is 0 Å². The van der Waals surface area contributed by atoms with E-state index in [1.54, 1.807) is 46.3 Å². The number of ketones is 2. The summed E-state index contributed by atoms with van der Waals surface area (Å²) < 4.78 is 28.7. The third-order valence-corrected chi connectivity index (χ3v) is 7.86. The van der Waals surface area contributed by atoms with Gasteiger partial charge in [0, 0.05) is 52.6 Å². The third-order valence-electron chi connectivity index (χ3n) is 7.86. The Hall–Kier alpha value is -3.84. The Morgan fingerprint density at radius 1 is 1.07 bits per heavy atom. The summed E-state index contributed by atoms with van der Waals surface area (Å²) in [6.07, 6.45) is 5.18. The molecule has 2 aliphatic rings. The largest absolute Gasteiger partial charge is 0.439 e. The molecule has 0 aromatic heterocycles. The van der Waals surface area contributed by atoms with Crippen molar-refractivity contribution in [2.24, 2.45) is 17.6 Å². The van der Waals surface area contributed by atoms with Crippen LogP contribution in [0.5, 0.6) is 0 Å². The standard InChI is InChI=1S/C33H47N3O9/c1-10-14-35-27-23(37)17-22-28(38)26(27)31(44-9)21(5)16-25(42-7)29(43-8)19(3)15-20(4)30(45-33(34)40)24(41-6)13-11-12-18(2)32(39)36-22/h10-13,15,17,19,21,24-25,29-31,35H,1,14,16H2,2-9H3,(H2,34,40)(H,36,39)/b13-11-,18-12+,20-15+/t19-,21-,24?,25-,29?,30-,31+/m0/s1. The van der Waals surface area contributed by atoms with E-state index in [1.165, 1.54) is 20.3 Å². The molecule has 2 unspecified atom stereocenters. The lowest BCUT2D eigenvalue weighted by molar-refractivity contribution is -0.121. The van der Waals surface area contributed by atoms with Crippen molar-refractivity contribution in [3.05, 3.63) is 71.1 Å². The molecule has 2 rings (SSSR count). The minimum Gasteiger partial charge on any atom is -0.439 e. The third kappa shape index (κ3) is 9.57. The first-order valence-electron chi connectivity index (χ1n) is 14.7. The number of hydrogen-bond acceptors (Lipinski definition) is 10. The molecule has 12 heteroatoms. The van der Waals surface area contributed by atoms with Crippen LogP contribution < -0.4 is 16.4 Å². The number of carbonyl (C=O) groups is 4. The molecule has 0 saturated carbocycles. The van der Waals surface area contributed by atoms with Gasteiger partial charge < -0.3 is 40.1 Å². The van der Waals surface area contributed by atoms with Crippen molar-refractivity contribution in [1.29, 1.82) is 0 Å². The van der Waals surface area contributed by atoms with Crippen LogP contribution in [0, 0.1) is 11.8 Å². The molecule has 0 aromatic rings. The molecule has 1 aliphatic heterocycles. The number of Topliss-reactive ketones (excluding diaryl/α,β-unsaturated/α-hetero) is 1. The summed E-state index contributed by atoms with van der Waals surface area (Å²) in [6, 6.07) is 0. The average Bonchev–Trinajstić information content (AvgIpc) is 2.99. The molecule has 0 saturated heterocycles. The fourth-order valence-electron chi connectivity index (χ4n) is 5.63. The van der Waals surface area contributed by atoms with Crippen molar-refractivity contribution >= 4 is 23.6 Å². The topological polar surface area (TPSA) is 165 Å². The van der Waals surface area contributed by atoms with Crippen LogP contribution in [0.4, 0.5) is 4.79 Å². The van der Waals surface area contributed by atoms with Crippen LogP contribution in [0.25, 0.3) is 0 Å². The molecule has 4 N–H and O–H groups in total. The summed E-state index contributed by atoms with van der Waals surface area (Å²) in [5.41, 5.74) is 6.28. The van der Waals surface area contributed by atoms with Gasteiger partial charge in [-0.25, -0.2) is 4.79 Å². The summed E-state index contributed by atoms with van der Waals surface area (Å²) in [4.78, 5) is 52.2. The van der Waals surface area contributed by atoms with Crippen LogP contribution in [-0.4, -0.2) is 89.1 Å². The molecule has 12 nitrogen and oxygen atoms in total. The molecule has 7 atom stereocenters. The second kappa shape index (κ2) is 17.6. The Labute approximate surface area is 265 Å². The molecule has 45 heavy (non-hydrogen) atoms. The molecular formula is C33H47N3O9. The van der Waals surface area contributed by atoms with E-state index in [2.05, 4.69) is 17.2 Å². The van der Waals surface area contributed by atoms with Crippen LogP contribution in [-0.2, 0) is 38.1 Å². The van der Waals surface area contributed by atoms with Gasteiger partial charge in [-0.2, -0.15) is 0 Å². The second-order valence-electron chi connectivity index (χ2n) is 11.1. The highest BCUT2D eigenvalue weighted by molar-refractivity contribution is 6.24. The molecule has 0 fully saturated rings. The number of amides is 2. The maximum Gasteiger partial charge on any atom is 0.405 e. The zero-order valence-corrected chi connectivity index (χ0v) is 27.4. The Morgan fingerprint density at radius 3 is 2.31 bits per heavy atom. The van der Waals surface area contributed by atoms with Gasteiger partial charge in [0.1, 0.15) is 6.10 Å². The lowest BCUT2D eigenvalue weighted by atomic mass is 9.82.